The van der Waals surface area contributed by atoms with Gasteiger partial charge in [0.05, 0.1) is 11.9 Å². The fraction of sp³-hybridized carbons (Fsp3) is 0.312. The van der Waals surface area contributed by atoms with Gasteiger partial charge in [0.15, 0.2) is 11.1 Å². The van der Waals surface area contributed by atoms with E-state index in [1.807, 2.05) is 24.3 Å². The van der Waals surface area contributed by atoms with Gasteiger partial charge in [0.1, 0.15) is 11.9 Å². The molecule has 0 bridgehead atoms. The molecule has 2 fully saturated rings. The zero-order chi connectivity index (χ0) is 33.8. The Morgan fingerprint density at radius 2 is 1.62 bits per heavy atom. The van der Waals surface area contributed by atoms with E-state index in [1.165, 1.54) is 37.3 Å². The molecule has 0 aliphatic carbocycles. The second kappa shape index (κ2) is 12.3. The molecule has 3 aliphatic heterocycles. The second-order valence-corrected chi connectivity index (χ2v) is 14.8. The van der Waals surface area contributed by atoms with Crippen LogP contribution in [0.3, 0.4) is 0 Å². The monoisotopic (exact) mass is 709 g/mol. The number of sulfonamides is 1. The average molecular weight is 711 g/mol. The van der Waals surface area contributed by atoms with Gasteiger partial charge < -0.3 is 9.64 Å². The number of amides is 2. The number of carbonyl (C=O) groups excluding carboxylic acids is 3. The molecular formula is C32H29Cl2N7O6S. The number of benzene rings is 2. The first kappa shape index (κ1) is 32.2. The number of hydrogen-bond donors (Lipinski definition) is 0. The molecule has 3 aliphatic rings. The third-order valence-corrected chi connectivity index (χ3v) is 11.2. The van der Waals surface area contributed by atoms with Crippen LogP contribution >= 0.6 is 23.2 Å². The number of aromatic nitrogens is 4. The van der Waals surface area contributed by atoms with Crippen LogP contribution < -0.4 is 4.90 Å². The van der Waals surface area contributed by atoms with Crippen molar-refractivity contribution in [1.82, 2.24) is 28.7 Å². The predicted molar refractivity (Wildman–Crippen MR) is 175 cm³/mol. The smallest absolute Gasteiger partial charge is 0.306 e. The minimum absolute atomic E-state index is 0.0121. The molecule has 7 rings (SSSR count). The van der Waals surface area contributed by atoms with Gasteiger partial charge in [0, 0.05) is 73.4 Å². The minimum Gasteiger partial charge on any atom is -0.452 e. The van der Waals surface area contributed by atoms with Crippen molar-refractivity contribution in [2.45, 2.75) is 42.9 Å². The van der Waals surface area contributed by atoms with Gasteiger partial charge in [-0.2, -0.15) is 4.31 Å². The van der Waals surface area contributed by atoms with Crippen LogP contribution in [0.25, 0.3) is 11.1 Å². The highest BCUT2D eigenvalue weighted by Crippen LogP contribution is 2.45. The number of cyclic esters (lactones) is 1. The molecule has 248 valence electrons. The van der Waals surface area contributed by atoms with Crippen molar-refractivity contribution in [3.05, 3.63) is 83.0 Å². The molecule has 0 radical (unpaired) electrons. The molecule has 13 nitrogen and oxygen atoms in total. The van der Waals surface area contributed by atoms with E-state index in [1.54, 1.807) is 31.5 Å². The van der Waals surface area contributed by atoms with Gasteiger partial charge in [0.25, 0.3) is 21.8 Å². The van der Waals surface area contributed by atoms with Gasteiger partial charge in [-0.1, -0.05) is 47.5 Å². The van der Waals surface area contributed by atoms with Crippen molar-refractivity contribution >= 4 is 62.6 Å². The highest BCUT2D eigenvalue weighted by Gasteiger charge is 2.52. The number of fused-ring (bicyclic) bond motifs is 1. The molecule has 48 heavy (non-hydrogen) atoms. The highest BCUT2D eigenvalue weighted by atomic mass is 35.5. The Labute approximate surface area is 286 Å². The topological polar surface area (TPSA) is 148 Å². The van der Waals surface area contributed by atoms with Crippen molar-refractivity contribution in [3.63, 3.8) is 0 Å². The van der Waals surface area contributed by atoms with E-state index in [4.69, 9.17) is 27.9 Å². The Hall–Kier alpha value is -4.37. The van der Waals surface area contributed by atoms with E-state index in [2.05, 4.69) is 15.0 Å². The zero-order valence-corrected chi connectivity index (χ0v) is 28.0. The molecule has 2 amide bonds. The fourth-order valence-corrected chi connectivity index (χ4v) is 8.58. The Balaban J connectivity index is 1.22. The third kappa shape index (κ3) is 5.62. The Kier molecular flexibility index (Phi) is 8.22. The summed E-state index contributed by atoms with van der Waals surface area (Å²) in [7, 11) is -4.21. The zero-order valence-electron chi connectivity index (χ0n) is 25.6. The largest absolute Gasteiger partial charge is 0.452 e. The summed E-state index contributed by atoms with van der Waals surface area (Å²) < 4.78 is 36.4. The van der Waals surface area contributed by atoms with Crippen LogP contribution in [-0.2, 0) is 41.1 Å². The summed E-state index contributed by atoms with van der Waals surface area (Å²) >= 11 is 12.6. The van der Waals surface area contributed by atoms with Crippen LogP contribution in [-0.4, -0.2) is 87.2 Å². The number of piperazine rings is 1. The maximum atomic E-state index is 14.5. The first-order chi connectivity index (χ1) is 23.0. The number of esters is 1. The summed E-state index contributed by atoms with van der Waals surface area (Å²) in [6.07, 6.45) is 5.89. The van der Waals surface area contributed by atoms with E-state index in [-0.39, 0.29) is 55.9 Å². The molecule has 4 aromatic rings. The van der Waals surface area contributed by atoms with Crippen LogP contribution in [0.2, 0.25) is 10.0 Å². The molecule has 2 atom stereocenters. The third-order valence-electron chi connectivity index (χ3n) is 8.88. The quantitative estimate of drug-likeness (QED) is 0.261. The van der Waals surface area contributed by atoms with E-state index in [0.717, 1.165) is 16.7 Å². The molecular weight excluding hydrogens is 681 g/mol. The normalized spacial score (nSPS) is 21.4. The first-order valence-electron chi connectivity index (χ1n) is 15.2. The lowest BCUT2D eigenvalue weighted by atomic mass is 9.91. The number of ether oxygens (including phenoxy) is 1. The first-order valence-corrected chi connectivity index (χ1v) is 17.4. The SMILES string of the molecule is CC1(Cc2ccc(-c3cncnc3)cc2)C(=O)N(c2cc(Cl)cc(Cl)c2)c2ncc(S(=O)(=O)N3CCN(C(=O)C4CCC(=O)O4)CC3)n21. The standard InChI is InChI=1S/C32H29Cl2N7O6S/c1-32(15-20-2-4-21(5-3-20)22-16-35-19-36-17-22)30(44)40(25-13-23(33)12-24(34)14-25)31-37-18-27(41(31)32)48(45,46)39-10-8-38(9-11-39)29(43)26-6-7-28(42)47-26/h2-5,12-14,16-19,26H,6-11,15H2,1H3. The van der Waals surface area contributed by atoms with Crippen LogP contribution in [0.5, 0.6) is 0 Å². The molecule has 0 saturated carbocycles. The average Bonchev–Trinajstić information content (AvgIpc) is 3.77. The van der Waals surface area contributed by atoms with E-state index in [9.17, 15) is 22.8 Å². The van der Waals surface area contributed by atoms with Crippen molar-refractivity contribution in [2.75, 3.05) is 31.1 Å². The van der Waals surface area contributed by atoms with Gasteiger partial charge in [0.2, 0.25) is 5.95 Å². The molecule has 16 heteroatoms. The summed E-state index contributed by atoms with van der Waals surface area (Å²) in [5.41, 5.74) is 1.40. The molecule has 5 heterocycles. The predicted octanol–water partition coefficient (Wildman–Crippen LogP) is 3.82. The van der Waals surface area contributed by atoms with Crippen LogP contribution in [0, 0.1) is 0 Å². The highest BCUT2D eigenvalue weighted by molar-refractivity contribution is 7.89. The van der Waals surface area contributed by atoms with Gasteiger partial charge in [-0.05, 0) is 36.2 Å². The van der Waals surface area contributed by atoms with E-state index < -0.39 is 33.5 Å². The molecule has 2 aromatic carbocycles. The number of nitrogens with zero attached hydrogens (tertiary/aromatic N) is 7. The maximum absolute atomic E-state index is 14.5. The van der Waals surface area contributed by atoms with Gasteiger partial charge in [-0.15, -0.1) is 0 Å². The Morgan fingerprint density at radius 3 is 2.25 bits per heavy atom. The number of rotatable bonds is 7. The molecule has 0 spiro atoms. The maximum Gasteiger partial charge on any atom is 0.306 e. The lowest BCUT2D eigenvalue weighted by Crippen LogP contribution is -2.53. The lowest BCUT2D eigenvalue weighted by molar-refractivity contribution is -0.153. The number of hydrogen-bond acceptors (Lipinski definition) is 9. The lowest BCUT2D eigenvalue weighted by Gasteiger charge is -2.35. The van der Waals surface area contributed by atoms with Gasteiger partial charge >= 0.3 is 5.97 Å². The summed E-state index contributed by atoms with van der Waals surface area (Å²) in [5.74, 6) is -1.06. The summed E-state index contributed by atoms with van der Waals surface area (Å²) in [6.45, 7) is 1.95. The summed E-state index contributed by atoms with van der Waals surface area (Å²) in [6, 6.07) is 12.2. The second-order valence-electron chi connectivity index (χ2n) is 12.0. The summed E-state index contributed by atoms with van der Waals surface area (Å²) in [4.78, 5) is 54.3. The number of halogens is 2. The van der Waals surface area contributed by atoms with Crippen LogP contribution in [0.1, 0.15) is 25.3 Å². The molecule has 0 N–H and O–H groups in total. The fourth-order valence-electron chi connectivity index (χ4n) is 6.46. The van der Waals surface area contributed by atoms with Crippen molar-refractivity contribution in [2.24, 2.45) is 0 Å². The number of anilines is 2. The van der Waals surface area contributed by atoms with Gasteiger partial charge in [-0.3, -0.25) is 19.0 Å². The Morgan fingerprint density at radius 1 is 0.958 bits per heavy atom. The molecule has 2 aromatic heterocycles. The van der Waals surface area contributed by atoms with Crippen molar-refractivity contribution in [1.29, 1.82) is 0 Å². The number of carbonyl (C=O) groups is 3. The Bertz CT molecular complexity index is 2010. The van der Waals surface area contributed by atoms with E-state index in [0.29, 0.717) is 22.2 Å². The van der Waals surface area contributed by atoms with Crippen LogP contribution in [0.15, 0.2) is 72.4 Å². The summed E-state index contributed by atoms with van der Waals surface area (Å²) in [5, 5.41) is 0.432. The van der Waals surface area contributed by atoms with Crippen molar-refractivity contribution in [3.8, 4) is 11.1 Å². The molecule has 2 saturated heterocycles. The minimum atomic E-state index is -4.21. The van der Waals surface area contributed by atoms with Gasteiger partial charge in [-0.25, -0.2) is 28.3 Å². The number of imidazole rings is 1. The van der Waals surface area contributed by atoms with Crippen LogP contribution in [0.4, 0.5) is 11.6 Å². The molecule has 2 unspecified atom stereocenters. The van der Waals surface area contributed by atoms with Crippen molar-refractivity contribution < 1.29 is 27.5 Å². The van der Waals surface area contributed by atoms with E-state index >= 15 is 0 Å².